The Balaban J connectivity index is -0.00000000500. The molecule has 0 aromatic carbocycles. The Morgan fingerprint density at radius 1 is 0.833 bits per heavy atom. The summed E-state index contributed by atoms with van der Waals surface area (Å²) in [6.45, 7) is 6.50. The van der Waals surface area contributed by atoms with Crippen molar-refractivity contribution in [2.75, 3.05) is 0 Å². The Hall–Kier alpha value is -0.154. The van der Waals surface area contributed by atoms with E-state index in [2.05, 4.69) is 13.6 Å². The standard InChI is InChI=1S/2CHO.CH3.Co/c2*1-2;;/h2*1H;1H3;/q3*-1;+3. The molecule has 2 nitrogen and oxygen atoms in total. The van der Waals surface area contributed by atoms with Crippen LogP contribution in [-0.2, 0) is 26.4 Å². The normalized spacial score (nSPS) is 1.33. The molecule has 0 atom stereocenters. The van der Waals surface area contributed by atoms with Crippen LogP contribution in [0.25, 0.3) is 0 Å². The molecule has 0 N–H and O–H groups in total. The van der Waals surface area contributed by atoms with E-state index in [-0.39, 0.29) is 24.2 Å². The molecule has 0 aliphatic carbocycles. The molecule has 0 aliphatic rings. The molecule has 0 fully saturated rings. The molecule has 0 saturated carbocycles. The molecule has 0 unspecified atom stereocenters. The van der Waals surface area contributed by atoms with Crippen molar-refractivity contribution in [3.8, 4) is 0 Å². The zero-order valence-electron chi connectivity index (χ0n) is 3.30. The molecular weight excluding hydrogens is 127 g/mol. The number of hydrogen-bond donors (Lipinski definition) is 0. The van der Waals surface area contributed by atoms with Crippen LogP contribution >= 0.6 is 0 Å². The minimum Gasteiger partial charge on any atom is -0.545 e. The van der Waals surface area contributed by atoms with Crippen molar-refractivity contribution >= 4 is 13.6 Å². The molecule has 0 spiro atoms. The van der Waals surface area contributed by atoms with Crippen LogP contribution < -0.4 is 0 Å². The Labute approximate surface area is 48.1 Å². The van der Waals surface area contributed by atoms with Crippen molar-refractivity contribution in [2.24, 2.45) is 0 Å². The van der Waals surface area contributed by atoms with E-state index in [1.54, 1.807) is 0 Å². The molecule has 0 aromatic rings. The van der Waals surface area contributed by atoms with Gasteiger partial charge in [-0.25, -0.2) is 0 Å². The minimum atomic E-state index is 0. The summed E-state index contributed by atoms with van der Waals surface area (Å²) in [6.07, 6.45) is 0. The van der Waals surface area contributed by atoms with Gasteiger partial charge < -0.3 is 17.0 Å². The number of hydrogen-bond acceptors (Lipinski definition) is 2. The van der Waals surface area contributed by atoms with Crippen molar-refractivity contribution in [3.05, 3.63) is 7.43 Å². The summed E-state index contributed by atoms with van der Waals surface area (Å²) in [4.78, 5) is 15.5. The van der Waals surface area contributed by atoms with E-state index in [1.165, 1.54) is 0 Å². The predicted octanol–water partition coefficient (Wildman–Crippen LogP) is -0.100. The van der Waals surface area contributed by atoms with Crippen molar-refractivity contribution in [1.82, 2.24) is 0 Å². The molecule has 0 rings (SSSR count). The van der Waals surface area contributed by atoms with E-state index >= 15 is 0 Å². The van der Waals surface area contributed by atoms with Gasteiger partial charge in [-0.05, 0) is 0 Å². The first kappa shape index (κ1) is 40.3. The summed E-state index contributed by atoms with van der Waals surface area (Å²) >= 11 is 0. The van der Waals surface area contributed by atoms with Gasteiger partial charge in [0.05, 0.1) is 0 Å². The second-order valence-corrected chi connectivity index (χ2v) is 0. The molecule has 3 heteroatoms. The molecule has 0 heterocycles. The van der Waals surface area contributed by atoms with Gasteiger partial charge in [-0.3, -0.25) is 13.6 Å². The number of rotatable bonds is 0. The topological polar surface area (TPSA) is 34.1 Å². The Bertz CT molecular complexity index is 10.8. The van der Waals surface area contributed by atoms with E-state index < -0.39 is 0 Å². The maximum absolute atomic E-state index is 7.75. The van der Waals surface area contributed by atoms with Gasteiger partial charge in [-0.2, -0.15) is 0 Å². The maximum atomic E-state index is 7.75. The van der Waals surface area contributed by atoms with Gasteiger partial charge in [-0.15, -0.1) is 0 Å². The number of carbonyl (C=O) groups excluding carboxylic acids is 2. The third-order valence-electron chi connectivity index (χ3n) is 0. The minimum absolute atomic E-state index is 0. The molecule has 0 bridgehead atoms. The van der Waals surface area contributed by atoms with Crippen LogP contribution in [-0.4, -0.2) is 13.6 Å². The van der Waals surface area contributed by atoms with Gasteiger partial charge in [0.2, 0.25) is 0 Å². The molecular formula is C3H5CoO2. The zero-order chi connectivity index (χ0) is 4.00. The predicted molar refractivity (Wildman–Crippen MR) is 19.9 cm³/mol. The Morgan fingerprint density at radius 3 is 0.833 bits per heavy atom. The van der Waals surface area contributed by atoms with Gasteiger partial charge >= 0.3 is 16.8 Å². The summed E-state index contributed by atoms with van der Waals surface area (Å²) in [7, 11) is 0. The fourth-order valence-corrected chi connectivity index (χ4v) is 0. The fraction of sp³-hybridized carbons (Fsp3) is 0. The van der Waals surface area contributed by atoms with Crippen LogP contribution in [0.15, 0.2) is 0 Å². The van der Waals surface area contributed by atoms with E-state index in [1.807, 2.05) is 0 Å². The maximum Gasteiger partial charge on any atom is 3.00 e. The van der Waals surface area contributed by atoms with Gasteiger partial charge in [0.15, 0.2) is 0 Å². The van der Waals surface area contributed by atoms with Gasteiger partial charge in [0.25, 0.3) is 0 Å². The second kappa shape index (κ2) is 3040. The van der Waals surface area contributed by atoms with Crippen LogP contribution in [0.3, 0.4) is 0 Å². The molecule has 0 radical (unpaired) electrons. The first-order valence-electron chi connectivity index (χ1n) is 0.471. The van der Waals surface area contributed by atoms with Crippen LogP contribution in [0, 0.1) is 7.43 Å². The SMILES string of the molecule is [CH-]=O.[CH-]=O.[CH3-].[Co+3]. The third-order valence-corrected chi connectivity index (χ3v) is 0. The molecule has 0 aliphatic heterocycles. The van der Waals surface area contributed by atoms with E-state index in [9.17, 15) is 0 Å². The first-order chi connectivity index (χ1) is 2.00. The van der Waals surface area contributed by atoms with Crippen molar-refractivity contribution < 1.29 is 26.4 Å². The zero-order valence-corrected chi connectivity index (χ0v) is 4.35. The molecule has 38 valence electrons. The average molecular weight is 132 g/mol. The van der Waals surface area contributed by atoms with Crippen LogP contribution in [0.2, 0.25) is 0 Å². The Morgan fingerprint density at radius 2 is 0.833 bits per heavy atom. The fourth-order valence-electron chi connectivity index (χ4n) is 0. The molecule has 0 aromatic heterocycles. The first-order valence-corrected chi connectivity index (χ1v) is 0.471. The summed E-state index contributed by atoms with van der Waals surface area (Å²) in [6, 6.07) is 0. The van der Waals surface area contributed by atoms with E-state index in [4.69, 9.17) is 9.59 Å². The summed E-state index contributed by atoms with van der Waals surface area (Å²) in [5, 5.41) is 0. The average Bonchev–Trinajstić information content (AvgIpc) is 1.50. The monoisotopic (exact) mass is 132 g/mol. The smallest absolute Gasteiger partial charge is 0.545 e. The summed E-state index contributed by atoms with van der Waals surface area (Å²) in [5.41, 5.74) is 0. The Kier molecular flexibility index (Phi) is 20400. The van der Waals surface area contributed by atoms with Gasteiger partial charge in [0.1, 0.15) is 0 Å². The summed E-state index contributed by atoms with van der Waals surface area (Å²) in [5.74, 6) is 0. The van der Waals surface area contributed by atoms with Crippen molar-refractivity contribution in [2.45, 2.75) is 0 Å². The molecule has 0 amide bonds. The largest absolute Gasteiger partial charge is 3.00 e. The third kappa shape index (κ3) is 1320. The van der Waals surface area contributed by atoms with Crippen LogP contribution in [0.4, 0.5) is 0 Å². The van der Waals surface area contributed by atoms with Crippen molar-refractivity contribution in [1.29, 1.82) is 0 Å². The quantitative estimate of drug-likeness (QED) is 0.340. The van der Waals surface area contributed by atoms with Crippen molar-refractivity contribution in [3.63, 3.8) is 0 Å². The van der Waals surface area contributed by atoms with Crippen LogP contribution in [0.1, 0.15) is 0 Å². The van der Waals surface area contributed by atoms with Crippen LogP contribution in [0.5, 0.6) is 0 Å². The van der Waals surface area contributed by atoms with E-state index in [0.29, 0.717) is 0 Å². The summed E-state index contributed by atoms with van der Waals surface area (Å²) < 4.78 is 0. The van der Waals surface area contributed by atoms with Gasteiger partial charge in [-0.1, -0.05) is 0 Å². The van der Waals surface area contributed by atoms with Gasteiger partial charge in [0, 0.05) is 0 Å². The van der Waals surface area contributed by atoms with E-state index in [0.717, 1.165) is 0 Å². The molecule has 6 heavy (non-hydrogen) atoms. The second-order valence-electron chi connectivity index (χ2n) is 0. The molecule has 0 saturated heterocycles.